The van der Waals surface area contributed by atoms with Crippen LogP contribution in [0.25, 0.3) is 0 Å². The van der Waals surface area contributed by atoms with Gasteiger partial charge < -0.3 is 40.4 Å². The number of nitrogens with zero attached hydrogens (tertiary/aromatic N) is 3. The fourth-order valence-corrected chi connectivity index (χ4v) is 8.25. The van der Waals surface area contributed by atoms with Gasteiger partial charge in [-0.3, -0.25) is 24.1 Å². The highest BCUT2D eigenvalue weighted by atomic mass is 16.5. The third-order valence-electron chi connectivity index (χ3n) is 12.2. The fourth-order valence-electron chi connectivity index (χ4n) is 8.25. The molecule has 2 heterocycles. The molecule has 9 atom stereocenters. The van der Waals surface area contributed by atoms with Crippen molar-refractivity contribution in [1.82, 2.24) is 25.3 Å². The second kappa shape index (κ2) is 20.4. The molecule has 3 rings (SSSR count). The number of ether oxygens (including phenoxy) is 3. The highest BCUT2D eigenvalue weighted by Gasteiger charge is 2.45. The van der Waals surface area contributed by atoms with E-state index in [-0.39, 0.29) is 42.4 Å². The van der Waals surface area contributed by atoms with Crippen molar-refractivity contribution in [2.75, 3.05) is 54.2 Å². The Kier molecular flexibility index (Phi) is 16.9. The van der Waals surface area contributed by atoms with E-state index in [9.17, 15) is 24.0 Å². The molecule has 2 fully saturated rings. The number of anilines is 1. The van der Waals surface area contributed by atoms with Crippen LogP contribution in [0.5, 0.6) is 0 Å². The third kappa shape index (κ3) is 11.0. The molecule has 0 unspecified atom stereocenters. The Hall–Kier alpha value is -3.75. The largest absolute Gasteiger partial charge is 0.467 e. The number of nitrogens with two attached hydrogens (primary N) is 1. The number of likely N-dealkylation sites (N-methyl/N-ethyl adjacent to an activating group) is 2. The van der Waals surface area contributed by atoms with Crippen molar-refractivity contribution in [3.05, 3.63) is 29.8 Å². The fraction of sp³-hybridized carbons (Fsp3) is 0.732. The van der Waals surface area contributed by atoms with Gasteiger partial charge in [-0.1, -0.05) is 53.2 Å². The molecule has 1 aromatic carbocycles. The maximum absolute atomic E-state index is 14.3. The summed E-state index contributed by atoms with van der Waals surface area (Å²) in [6.07, 6.45) is 2.63. The van der Waals surface area contributed by atoms with Gasteiger partial charge in [0.2, 0.25) is 23.6 Å². The van der Waals surface area contributed by atoms with Gasteiger partial charge in [0.1, 0.15) is 12.1 Å². The number of nitrogens with one attached hydrogen (secondary N) is 2. The monoisotopic (exact) mass is 773 g/mol. The molecule has 0 aliphatic carbocycles. The Morgan fingerprint density at radius 1 is 0.982 bits per heavy atom. The predicted molar refractivity (Wildman–Crippen MR) is 212 cm³/mol. The lowest BCUT2D eigenvalue weighted by Gasteiger charge is -2.41. The van der Waals surface area contributed by atoms with Crippen LogP contribution in [0.4, 0.5) is 5.69 Å². The van der Waals surface area contributed by atoms with Gasteiger partial charge in [0, 0.05) is 39.9 Å². The molecular weight excluding hydrogens is 704 g/mol. The van der Waals surface area contributed by atoms with Gasteiger partial charge in [0.05, 0.1) is 49.3 Å². The molecule has 0 saturated carbocycles. The van der Waals surface area contributed by atoms with Gasteiger partial charge >= 0.3 is 5.97 Å². The number of rotatable bonds is 19. The zero-order valence-corrected chi connectivity index (χ0v) is 35.1. The number of esters is 1. The molecule has 4 amide bonds. The Morgan fingerprint density at radius 2 is 1.64 bits per heavy atom. The zero-order valence-electron chi connectivity index (χ0n) is 35.1. The number of likely N-dealkylation sites (tertiary alicyclic amines) is 2. The van der Waals surface area contributed by atoms with E-state index in [0.717, 1.165) is 37.8 Å². The Bertz CT molecular complexity index is 1460. The molecule has 14 nitrogen and oxygen atoms in total. The van der Waals surface area contributed by atoms with Crippen LogP contribution >= 0.6 is 0 Å². The average molecular weight is 773 g/mol. The van der Waals surface area contributed by atoms with E-state index in [0.29, 0.717) is 18.7 Å². The van der Waals surface area contributed by atoms with Crippen LogP contribution in [0.15, 0.2) is 24.3 Å². The second-order valence-corrected chi connectivity index (χ2v) is 16.1. The van der Waals surface area contributed by atoms with E-state index in [1.54, 1.807) is 55.1 Å². The van der Waals surface area contributed by atoms with Crippen molar-refractivity contribution in [3.63, 3.8) is 0 Å². The molecular formula is C41H68N6O8. The quantitative estimate of drug-likeness (QED) is 0.140. The highest BCUT2D eigenvalue weighted by Crippen LogP contribution is 2.31. The minimum atomic E-state index is -0.933. The lowest BCUT2D eigenvalue weighted by Crippen LogP contribution is -2.61. The Labute approximate surface area is 328 Å². The second-order valence-electron chi connectivity index (χ2n) is 16.1. The van der Waals surface area contributed by atoms with Crippen molar-refractivity contribution >= 4 is 35.3 Å². The van der Waals surface area contributed by atoms with E-state index >= 15 is 0 Å². The zero-order chi connectivity index (χ0) is 41.2. The van der Waals surface area contributed by atoms with E-state index < -0.39 is 59.7 Å². The number of carbonyl (C=O) groups excluding carboxylic acids is 5. The number of amides is 4. The molecule has 2 saturated heterocycles. The smallest absolute Gasteiger partial charge is 0.328 e. The molecule has 4 N–H and O–H groups in total. The van der Waals surface area contributed by atoms with Crippen molar-refractivity contribution in [3.8, 4) is 0 Å². The number of benzene rings is 1. The summed E-state index contributed by atoms with van der Waals surface area (Å²) in [4.78, 5) is 74.0. The molecule has 0 bridgehead atoms. The Balaban J connectivity index is 1.77. The maximum Gasteiger partial charge on any atom is 0.328 e. The predicted octanol–water partition coefficient (Wildman–Crippen LogP) is 3.01. The first kappa shape index (κ1) is 45.6. The number of hydrogen-bond donors (Lipinski definition) is 3. The SMILES string of the molecule is CC[C@H](C)[C@@H]([C@@H](CC(=O)N1CCC[C@H]1[C@H](OC)[C@@H](C)C(=O)N[C@@H](Cc1ccc(N)cc1)C(=O)OC)OC)N(C)C(=O)[C@@H](NC(=O)[C@@]1(C)CCCN1C)C(C)C. The van der Waals surface area contributed by atoms with Gasteiger partial charge in [-0.05, 0) is 75.7 Å². The summed E-state index contributed by atoms with van der Waals surface area (Å²) in [6.45, 7) is 12.9. The summed E-state index contributed by atoms with van der Waals surface area (Å²) in [5.41, 5.74) is 6.53. The molecule has 2 aliphatic rings. The normalized spacial score (nSPS) is 22.6. The first-order valence-corrected chi connectivity index (χ1v) is 19.8. The van der Waals surface area contributed by atoms with Gasteiger partial charge in [0.15, 0.2) is 0 Å². The summed E-state index contributed by atoms with van der Waals surface area (Å²) in [6, 6.07) is 4.50. The average Bonchev–Trinajstić information content (AvgIpc) is 3.79. The first-order valence-electron chi connectivity index (χ1n) is 19.8. The summed E-state index contributed by atoms with van der Waals surface area (Å²) >= 11 is 0. The van der Waals surface area contributed by atoms with Crippen LogP contribution < -0.4 is 16.4 Å². The molecule has 0 spiro atoms. The van der Waals surface area contributed by atoms with Gasteiger partial charge in [-0.25, -0.2) is 4.79 Å². The number of carbonyl (C=O) groups is 5. The van der Waals surface area contributed by atoms with E-state index in [4.69, 9.17) is 19.9 Å². The molecule has 2 aliphatic heterocycles. The lowest BCUT2D eigenvalue weighted by atomic mass is 9.89. The van der Waals surface area contributed by atoms with E-state index in [1.165, 1.54) is 14.2 Å². The topological polar surface area (TPSA) is 173 Å². The molecule has 0 radical (unpaired) electrons. The number of hydrogen-bond acceptors (Lipinski definition) is 10. The van der Waals surface area contributed by atoms with Crippen LogP contribution in [0.3, 0.4) is 0 Å². The maximum atomic E-state index is 14.3. The number of nitrogen functional groups attached to an aromatic ring is 1. The van der Waals surface area contributed by atoms with Crippen molar-refractivity contribution in [1.29, 1.82) is 0 Å². The van der Waals surface area contributed by atoms with Crippen molar-refractivity contribution in [2.45, 2.75) is 128 Å². The van der Waals surface area contributed by atoms with Gasteiger partial charge in [0.25, 0.3) is 0 Å². The minimum absolute atomic E-state index is 0.00418. The van der Waals surface area contributed by atoms with Crippen LogP contribution in [0, 0.1) is 17.8 Å². The molecule has 14 heteroatoms. The summed E-state index contributed by atoms with van der Waals surface area (Å²) < 4.78 is 17.0. The van der Waals surface area contributed by atoms with E-state index in [1.807, 2.05) is 46.6 Å². The van der Waals surface area contributed by atoms with Crippen molar-refractivity contribution in [2.24, 2.45) is 17.8 Å². The van der Waals surface area contributed by atoms with Crippen LogP contribution in [-0.2, 0) is 44.6 Å². The van der Waals surface area contributed by atoms with Crippen LogP contribution in [0.1, 0.15) is 85.6 Å². The van der Waals surface area contributed by atoms with Crippen LogP contribution in [0.2, 0.25) is 0 Å². The van der Waals surface area contributed by atoms with Crippen LogP contribution in [-0.4, -0.2) is 135 Å². The third-order valence-corrected chi connectivity index (χ3v) is 12.2. The minimum Gasteiger partial charge on any atom is -0.467 e. The molecule has 55 heavy (non-hydrogen) atoms. The number of methoxy groups -OCH3 is 3. The summed E-state index contributed by atoms with van der Waals surface area (Å²) in [7, 11) is 8.02. The summed E-state index contributed by atoms with van der Waals surface area (Å²) in [5, 5.41) is 5.92. The summed E-state index contributed by atoms with van der Waals surface area (Å²) in [5.74, 6) is -2.46. The van der Waals surface area contributed by atoms with Gasteiger partial charge in [-0.15, -0.1) is 0 Å². The van der Waals surface area contributed by atoms with Crippen molar-refractivity contribution < 1.29 is 38.2 Å². The molecule has 310 valence electrons. The molecule has 1 aromatic rings. The van der Waals surface area contributed by atoms with Gasteiger partial charge in [-0.2, -0.15) is 0 Å². The first-order chi connectivity index (χ1) is 25.9. The highest BCUT2D eigenvalue weighted by molar-refractivity contribution is 5.92. The van der Waals surface area contributed by atoms with E-state index in [2.05, 4.69) is 10.6 Å². The Morgan fingerprint density at radius 3 is 2.16 bits per heavy atom. The lowest BCUT2D eigenvalue weighted by molar-refractivity contribution is -0.149. The standard InChI is InChI=1S/C41H68N6O8/c1-12-26(4)35(46(8)38(50)34(25(2)3)44-40(52)41(6)20-14-21-45(41)7)32(53-9)24-33(48)47-22-13-15-31(47)36(54-10)27(5)37(49)43-30(39(51)55-11)23-28-16-18-29(42)19-17-28/h16-19,25-27,30-32,34-36H,12-15,20-24,42H2,1-11H3,(H,43,49)(H,44,52)/t26-,27+,30-,31-,32+,34-,35-,36+,41+/m0/s1. The molecule has 0 aromatic heterocycles.